The number of carbonyl (C=O) groups excluding carboxylic acids is 1. The minimum atomic E-state index is -0.493. The summed E-state index contributed by atoms with van der Waals surface area (Å²) in [6, 6.07) is 6.71. The number of likely N-dealkylation sites (tertiary alicyclic amines) is 1. The van der Waals surface area contributed by atoms with Gasteiger partial charge in [0, 0.05) is 32.2 Å². The Morgan fingerprint density at radius 1 is 1.36 bits per heavy atom. The van der Waals surface area contributed by atoms with E-state index in [0.717, 1.165) is 0 Å². The molecular formula is C17H26FIN4O2. The Morgan fingerprint density at radius 2 is 2.00 bits per heavy atom. The fraction of sp³-hybridized carbons (Fsp3) is 0.529. The van der Waals surface area contributed by atoms with Crippen LogP contribution in [0.2, 0.25) is 0 Å². The molecule has 8 heteroatoms. The summed E-state index contributed by atoms with van der Waals surface area (Å²) in [5.74, 6) is 0.326. The zero-order valence-corrected chi connectivity index (χ0v) is 17.3. The molecule has 2 N–H and O–H groups in total. The number of carbonyl (C=O) groups is 1. The number of nitrogens with one attached hydrogen (secondary N) is 2. The van der Waals surface area contributed by atoms with E-state index >= 15 is 0 Å². The number of aliphatic imine (C=N–C) groups is 1. The molecule has 0 saturated carbocycles. The van der Waals surface area contributed by atoms with Crippen molar-refractivity contribution in [3.8, 4) is 0 Å². The van der Waals surface area contributed by atoms with Crippen molar-refractivity contribution in [2.75, 3.05) is 20.1 Å². The lowest BCUT2D eigenvalue weighted by Crippen LogP contribution is -2.63. The summed E-state index contributed by atoms with van der Waals surface area (Å²) < 4.78 is 18.9. The molecule has 2 rings (SSSR count). The van der Waals surface area contributed by atoms with Crippen LogP contribution in [0.25, 0.3) is 0 Å². The summed E-state index contributed by atoms with van der Waals surface area (Å²) in [5, 5.41) is 6.28. The van der Waals surface area contributed by atoms with Gasteiger partial charge in [-0.1, -0.05) is 18.2 Å². The van der Waals surface area contributed by atoms with Crippen molar-refractivity contribution < 1.29 is 13.9 Å². The van der Waals surface area contributed by atoms with E-state index < -0.39 is 5.60 Å². The Labute approximate surface area is 165 Å². The van der Waals surface area contributed by atoms with Gasteiger partial charge in [0.25, 0.3) is 0 Å². The van der Waals surface area contributed by atoms with Gasteiger partial charge in [0.05, 0.1) is 6.04 Å². The fourth-order valence-corrected chi connectivity index (χ4v) is 2.25. The summed E-state index contributed by atoms with van der Waals surface area (Å²) in [4.78, 5) is 17.6. The highest BCUT2D eigenvalue weighted by Gasteiger charge is 2.34. The van der Waals surface area contributed by atoms with Gasteiger partial charge in [0.1, 0.15) is 11.4 Å². The Kier molecular flexibility index (Phi) is 7.91. The summed E-state index contributed by atoms with van der Waals surface area (Å²) in [5.41, 5.74) is 0.0804. The minimum absolute atomic E-state index is 0. The molecule has 140 valence electrons. The van der Waals surface area contributed by atoms with Gasteiger partial charge < -0.3 is 20.3 Å². The molecule has 1 fully saturated rings. The molecule has 0 atom stereocenters. The van der Waals surface area contributed by atoms with E-state index in [1.807, 2.05) is 20.8 Å². The molecule has 0 bridgehead atoms. The predicted octanol–water partition coefficient (Wildman–Crippen LogP) is 2.73. The highest BCUT2D eigenvalue weighted by molar-refractivity contribution is 14.0. The van der Waals surface area contributed by atoms with Crippen LogP contribution in [0.4, 0.5) is 9.18 Å². The summed E-state index contributed by atoms with van der Waals surface area (Å²) in [6.07, 6.45) is -0.310. The van der Waals surface area contributed by atoms with Gasteiger partial charge in [-0.15, -0.1) is 24.0 Å². The molecular weight excluding hydrogens is 438 g/mol. The molecule has 1 aliphatic heterocycles. The Balaban J connectivity index is 0.00000312. The Bertz CT molecular complexity index is 613. The maximum absolute atomic E-state index is 13.6. The number of amides is 1. The number of rotatable bonds is 3. The molecule has 1 amide bonds. The first-order chi connectivity index (χ1) is 11.3. The molecule has 1 aliphatic rings. The van der Waals surface area contributed by atoms with Crippen molar-refractivity contribution in [3.05, 3.63) is 35.6 Å². The first-order valence-corrected chi connectivity index (χ1v) is 7.97. The highest BCUT2D eigenvalue weighted by atomic mass is 127. The number of benzene rings is 1. The largest absolute Gasteiger partial charge is 0.444 e. The minimum Gasteiger partial charge on any atom is -0.444 e. The van der Waals surface area contributed by atoms with Crippen LogP contribution >= 0.6 is 24.0 Å². The topological polar surface area (TPSA) is 66.0 Å². The van der Waals surface area contributed by atoms with E-state index in [1.165, 1.54) is 6.07 Å². The van der Waals surface area contributed by atoms with Gasteiger partial charge in [0.2, 0.25) is 0 Å². The quantitative estimate of drug-likeness (QED) is 0.410. The van der Waals surface area contributed by atoms with Crippen LogP contribution in [0.15, 0.2) is 29.3 Å². The number of halogens is 2. The second kappa shape index (κ2) is 9.21. The molecule has 6 nitrogen and oxygen atoms in total. The van der Waals surface area contributed by atoms with Gasteiger partial charge in [-0.25, -0.2) is 9.18 Å². The molecule has 1 aromatic rings. The molecule has 1 aromatic carbocycles. The molecule has 1 saturated heterocycles. The van der Waals surface area contributed by atoms with E-state index in [0.29, 0.717) is 31.2 Å². The summed E-state index contributed by atoms with van der Waals surface area (Å²) in [7, 11) is 1.65. The van der Waals surface area contributed by atoms with Gasteiger partial charge >= 0.3 is 6.09 Å². The van der Waals surface area contributed by atoms with Crippen LogP contribution in [-0.2, 0) is 11.3 Å². The first kappa shape index (κ1) is 21.5. The highest BCUT2D eigenvalue weighted by Crippen LogP contribution is 2.15. The van der Waals surface area contributed by atoms with Crippen molar-refractivity contribution in [1.29, 1.82) is 0 Å². The number of guanidine groups is 1. The normalized spacial score (nSPS) is 15.1. The van der Waals surface area contributed by atoms with Crippen LogP contribution in [0.1, 0.15) is 26.3 Å². The van der Waals surface area contributed by atoms with Crippen LogP contribution in [0.5, 0.6) is 0 Å². The lowest BCUT2D eigenvalue weighted by Gasteiger charge is -2.40. The molecule has 0 radical (unpaired) electrons. The van der Waals surface area contributed by atoms with Crippen LogP contribution in [0.3, 0.4) is 0 Å². The third-order valence-electron chi connectivity index (χ3n) is 3.50. The average Bonchev–Trinajstić information content (AvgIpc) is 2.45. The molecule has 0 aliphatic carbocycles. The molecule has 0 spiro atoms. The predicted molar refractivity (Wildman–Crippen MR) is 107 cm³/mol. The fourth-order valence-electron chi connectivity index (χ4n) is 2.25. The molecule has 0 unspecified atom stereocenters. The van der Waals surface area contributed by atoms with Gasteiger partial charge in [-0.3, -0.25) is 4.99 Å². The second-order valence-corrected chi connectivity index (χ2v) is 6.74. The van der Waals surface area contributed by atoms with Gasteiger partial charge in [-0.2, -0.15) is 0 Å². The first-order valence-electron chi connectivity index (χ1n) is 7.97. The summed E-state index contributed by atoms with van der Waals surface area (Å²) >= 11 is 0. The maximum Gasteiger partial charge on any atom is 0.410 e. The zero-order valence-electron chi connectivity index (χ0n) is 15.0. The van der Waals surface area contributed by atoms with Crippen molar-refractivity contribution in [3.63, 3.8) is 0 Å². The number of hydrogen-bond donors (Lipinski definition) is 2. The third kappa shape index (κ3) is 6.68. The van der Waals surface area contributed by atoms with E-state index in [9.17, 15) is 9.18 Å². The SMILES string of the molecule is CN=C(NCc1ccccc1F)NC1CN(C(=O)OC(C)(C)C)C1.I. The number of hydrogen-bond acceptors (Lipinski definition) is 3. The standard InChI is InChI=1S/C17H25FN4O2.HI/c1-17(2,3)24-16(23)22-10-13(11-22)21-15(19-4)20-9-12-7-5-6-8-14(12)18;/h5-8,13H,9-11H2,1-4H3,(H2,19,20,21);1H. The molecule has 25 heavy (non-hydrogen) atoms. The van der Waals surface area contributed by atoms with E-state index in [4.69, 9.17) is 4.74 Å². The van der Waals surface area contributed by atoms with Crippen molar-refractivity contribution in [2.45, 2.75) is 39.0 Å². The third-order valence-corrected chi connectivity index (χ3v) is 3.50. The van der Waals surface area contributed by atoms with E-state index in [2.05, 4.69) is 15.6 Å². The number of nitrogens with zero attached hydrogens (tertiary/aromatic N) is 2. The van der Waals surface area contributed by atoms with Crippen molar-refractivity contribution in [2.24, 2.45) is 4.99 Å². The molecule has 1 heterocycles. The van der Waals surface area contributed by atoms with Crippen molar-refractivity contribution >= 4 is 36.0 Å². The Morgan fingerprint density at radius 3 is 2.56 bits per heavy atom. The average molecular weight is 464 g/mol. The van der Waals surface area contributed by atoms with E-state index in [-0.39, 0.29) is 41.9 Å². The monoisotopic (exact) mass is 464 g/mol. The van der Waals surface area contributed by atoms with Crippen LogP contribution in [-0.4, -0.2) is 48.7 Å². The van der Waals surface area contributed by atoms with E-state index in [1.54, 1.807) is 30.1 Å². The Hall–Kier alpha value is -1.58. The smallest absolute Gasteiger partial charge is 0.410 e. The van der Waals surface area contributed by atoms with Gasteiger partial charge in [-0.05, 0) is 26.8 Å². The molecule has 0 aromatic heterocycles. The second-order valence-electron chi connectivity index (χ2n) is 6.74. The summed E-state index contributed by atoms with van der Waals surface area (Å²) in [6.45, 7) is 6.97. The zero-order chi connectivity index (χ0) is 17.7. The van der Waals surface area contributed by atoms with Gasteiger partial charge in [0.15, 0.2) is 5.96 Å². The van der Waals surface area contributed by atoms with Crippen LogP contribution < -0.4 is 10.6 Å². The lowest BCUT2D eigenvalue weighted by molar-refractivity contribution is 0.00701. The number of ether oxygens (including phenoxy) is 1. The van der Waals surface area contributed by atoms with Crippen LogP contribution in [0, 0.1) is 5.82 Å². The maximum atomic E-state index is 13.6. The lowest BCUT2D eigenvalue weighted by atomic mass is 10.1. The van der Waals surface area contributed by atoms with Crippen molar-refractivity contribution in [1.82, 2.24) is 15.5 Å².